The van der Waals surface area contributed by atoms with Crippen LogP contribution in [0, 0.1) is 11.6 Å². The molecule has 1 unspecified atom stereocenters. The van der Waals surface area contributed by atoms with Gasteiger partial charge in [-0.15, -0.1) is 0 Å². The number of hydrogen-bond donors (Lipinski definition) is 1. The molecule has 1 saturated heterocycles. The van der Waals surface area contributed by atoms with Gasteiger partial charge in [-0.25, -0.2) is 18.4 Å². The Morgan fingerprint density at radius 2 is 1.66 bits per heavy atom. The molecule has 8 heteroatoms. The summed E-state index contributed by atoms with van der Waals surface area (Å²) in [5.74, 6) is -1.50. The third-order valence-electron chi connectivity index (χ3n) is 6.78. The van der Waals surface area contributed by atoms with Gasteiger partial charge in [-0.05, 0) is 45.1 Å². The highest BCUT2D eigenvalue weighted by Gasteiger charge is 2.51. The van der Waals surface area contributed by atoms with E-state index in [1.54, 1.807) is 0 Å². The van der Waals surface area contributed by atoms with Gasteiger partial charge in [0.25, 0.3) is 0 Å². The molecule has 1 aliphatic carbocycles. The number of imidazole rings is 1. The Morgan fingerprint density at radius 3 is 2.34 bits per heavy atom. The predicted octanol–water partition coefficient (Wildman–Crippen LogP) is 5.06. The second kappa shape index (κ2) is 7.46. The lowest BCUT2D eigenvalue weighted by Gasteiger charge is -2.38. The molecule has 2 heterocycles. The standard InChI is InChI=1S/C24H25F2N3O3/c1-24(2)21(14-6-4-3-5-7-14)29(23(31)32-24)17-10-8-16(9-11-17)28-19-13-15(25)12-18(26)20(19)27-22(28)30/h3-7,12-13,16-17,21H,8-11H2,1-2H3,(H,27,30). The highest BCUT2D eigenvalue weighted by Crippen LogP contribution is 2.45. The average molecular weight is 441 g/mol. The van der Waals surface area contributed by atoms with Crippen LogP contribution in [0.4, 0.5) is 13.6 Å². The molecule has 1 N–H and O–H groups in total. The molecule has 168 valence electrons. The summed E-state index contributed by atoms with van der Waals surface area (Å²) in [6.45, 7) is 3.84. The molecule has 6 nitrogen and oxygen atoms in total. The number of aromatic nitrogens is 2. The van der Waals surface area contributed by atoms with Crippen LogP contribution in [0.5, 0.6) is 0 Å². The lowest BCUT2D eigenvalue weighted by Crippen LogP contribution is -2.43. The Bertz CT molecular complexity index is 1230. The second-order valence-corrected chi connectivity index (χ2v) is 9.24. The van der Waals surface area contributed by atoms with Gasteiger partial charge in [0.05, 0.1) is 11.6 Å². The summed E-state index contributed by atoms with van der Waals surface area (Å²) in [7, 11) is 0. The maximum absolute atomic E-state index is 14.1. The summed E-state index contributed by atoms with van der Waals surface area (Å²) < 4.78 is 35.1. The molecule has 32 heavy (non-hydrogen) atoms. The predicted molar refractivity (Wildman–Crippen MR) is 115 cm³/mol. The molecular weight excluding hydrogens is 416 g/mol. The highest BCUT2D eigenvalue weighted by atomic mass is 19.1. The van der Waals surface area contributed by atoms with Crippen molar-refractivity contribution in [1.29, 1.82) is 0 Å². The summed E-state index contributed by atoms with van der Waals surface area (Å²) in [5, 5.41) is 0. The number of hydrogen-bond acceptors (Lipinski definition) is 3. The SMILES string of the molecule is CC1(C)OC(=O)N(C2CCC(n3c(=O)[nH]c4c(F)cc(F)cc43)CC2)C1c1ccccc1. The minimum Gasteiger partial charge on any atom is -0.441 e. The van der Waals surface area contributed by atoms with Crippen molar-refractivity contribution in [3.8, 4) is 0 Å². The van der Waals surface area contributed by atoms with E-state index < -0.39 is 22.9 Å². The second-order valence-electron chi connectivity index (χ2n) is 9.24. The van der Waals surface area contributed by atoms with Gasteiger partial charge in [0.15, 0.2) is 5.82 Å². The number of carbonyl (C=O) groups excluding carboxylic acids is 1. The van der Waals surface area contributed by atoms with Crippen molar-refractivity contribution >= 4 is 17.1 Å². The molecule has 2 aromatic carbocycles. The Morgan fingerprint density at radius 1 is 1.00 bits per heavy atom. The van der Waals surface area contributed by atoms with Crippen LogP contribution < -0.4 is 5.69 Å². The number of nitrogens with one attached hydrogen (secondary N) is 1. The van der Waals surface area contributed by atoms with Crippen LogP contribution in [0.2, 0.25) is 0 Å². The van der Waals surface area contributed by atoms with Crippen LogP contribution in [0.3, 0.4) is 0 Å². The Kier molecular flexibility index (Phi) is 4.83. The number of aromatic amines is 1. The summed E-state index contributed by atoms with van der Waals surface area (Å²) in [6.07, 6.45) is 2.22. The fourth-order valence-electron chi connectivity index (χ4n) is 5.44. The van der Waals surface area contributed by atoms with E-state index in [4.69, 9.17) is 4.74 Å². The molecule has 2 fully saturated rings. The van der Waals surface area contributed by atoms with Crippen molar-refractivity contribution in [3.63, 3.8) is 0 Å². The third kappa shape index (κ3) is 3.29. The molecule has 5 rings (SSSR count). The zero-order valence-corrected chi connectivity index (χ0v) is 18.0. The lowest BCUT2D eigenvalue weighted by molar-refractivity contribution is 0.0662. The molecule has 0 bridgehead atoms. The number of benzene rings is 2. The van der Waals surface area contributed by atoms with Gasteiger partial charge in [-0.1, -0.05) is 30.3 Å². The molecule has 1 saturated carbocycles. The van der Waals surface area contributed by atoms with E-state index in [0.717, 1.165) is 11.6 Å². The van der Waals surface area contributed by atoms with Crippen molar-refractivity contribution in [1.82, 2.24) is 14.5 Å². The maximum atomic E-state index is 14.1. The smallest absolute Gasteiger partial charge is 0.411 e. The van der Waals surface area contributed by atoms with Gasteiger partial charge in [0.1, 0.15) is 16.9 Å². The Labute approximate surface area is 183 Å². The molecule has 1 atom stereocenters. The Balaban J connectivity index is 1.41. The number of halogens is 2. The third-order valence-corrected chi connectivity index (χ3v) is 6.78. The van der Waals surface area contributed by atoms with Gasteiger partial charge in [-0.3, -0.25) is 9.47 Å². The topological polar surface area (TPSA) is 67.3 Å². The van der Waals surface area contributed by atoms with E-state index in [1.807, 2.05) is 49.1 Å². The number of nitrogens with zero attached hydrogens (tertiary/aromatic N) is 2. The largest absolute Gasteiger partial charge is 0.441 e. The summed E-state index contributed by atoms with van der Waals surface area (Å²) in [4.78, 5) is 29.7. The fraction of sp³-hybridized carbons (Fsp3) is 0.417. The van der Waals surface area contributed by atoms with Crippen LogP contribution in [-0.2, 0) is 4.74 Å². The first kappa shape index (κ1) is 20.7. The number of fused-ring (bicyclic) bond motifs is 1. The molecule has 3 aromatic rings. The van der Waals surface area contributed by atoms with Crippen molar-refractivity contribution < 1.29 is 18.3 Å². The van der Waals surface area contributed by atoms with E-state index >= 15 is 0 Å². The van der Waals surface area contributed by atoms with E-state index in [0.29, 0.717) is 25.7 Å². The zero-order chi connectivity index (χ0) is 22.6. The number of H-pyrrole nitrogens is 1. The monoisotopic (exact) mass is 441 g/mol. The normalized spacial score (nSPS) is 25.3. The summed E-state index contributed by atoms with van der Waals surface area (Å²) in [6, 6.07) is 11.3. The van der Waals surface area contributed by atoms with Crippen LogP contribution in [-0.4, -0.2) is 32.2 Å². The van der Waals surface area contributed by atoms with E-state index in [9.17, 15) is 18.4 Å². The molecule has 0 spiro atoms. The van der Waals surface area contributed by atoms with E-state index in [1.165, 1.54) is 10.6 Å². The first-order valence-electron chi connectivity index (χ1n) is 10.9. The van der Waals surface area contributed by atoms with Gasteiger partial charge in [-0.2, -0.15) is 0 Å². The number of cyclic esters (lactones) is 1. The molecule has 1 amide bonds. The number of amides is 1. The minimum atomic E-state index is -0.780. The van der Waals surface area contributed by atoms with Crippen molar-refractivity contribution in [2.75, 3.05) is 0 Å². The quantitative estimate of drug-likeness (QED) is 0.618. The van der Waals surface area contributed by atoms with E-state index in [-0.39, 0.29) is 35.3 Å². The molecule has 0 radical (unpaired) electrons. The maximum Gasteiger partial charge on any atom is 0.411 e. The zero-order valence-electron chi connectivity index (χ0n) is 18.0. The van der Waals surface area contributed by atoms with Crippen LogP contribution >= 0.6 is 0 Å². The number of ether oxygens (including phenoxy) is 1. The van der Waals surface area contributed by atoms with Gasteiger partial charge >= 0.3 is 11.8 Å². The van der Waals surface area contributed by atoms with Crippen molar-refractivity contribution in [2.45, 2.75) is 63.3 Å². The van der Waals surface area contributed by atoms with Crippen LogP contribution in [0.25, 0.3) is 11.0 Å². The van der Waals surface area contributed by atoms with Gasteiger partial charge < -0.3 is 9.72 Å². The lowest BCUT2D eigenvalue weighted by atomic mass is 9.86. The Hall–Kier alpha value is -3.16. The molecule has 2 aliphatic rings. The van der Waals surface area contributed by atoms with Crippen molar-refractivity contribution in [2.24, 2.45) is 0 Å². The van der Waals surface area contributed by atoms with E-state index in [2.05, 4.69) is 4.98 Å². The number of rotatable bonds is 3. The molecular formula is C24H25F2N3O3. The molecule has 1 aliphatic heterocycles. The summed E-state index contributed by atoms with van der Waals surface area (Å²) >= 11 is 0. The summed E-state index contributed by atoms with van der Waals surface area (Å²) in [5.41, 5.74) is 0.159. The molecule has 1 aromatic heterocycles. The van der Waals surface area contributed by atoms with Crippen LogP contribution in [0.1, 0.15) is 57.2 Å². The minimum absolute atomic E-state index is 0.0209. The van der Waals surface area contributed by atoms with Gasteiger partial charge in [0, 0.05) is 24.2 Å². The number of carbonyl (C=O) groups is 1. The first-order chi connectivity index (χ1) is 15.3. The fourth-order valence-corrected chi connectivity index (χ4v) is 5.44. The highest BCUT2D eigenvalue weighted by molar-refractivity contribution is 5.76. The average Bonchev–Trinajstić information content (AvgIpc) is 3.20. The van der Waals surface area contributed by atoms with Crippen molar-refractivity contribution in [3.05, 3.63) is 70.1 Å². The van der Waals surface area contributed by atoms with Gasteiger partial charge in [0.2, 0.25) is 0 Å². The van der Waals surface area contributed by atoms with Crippen LogP contribution in [0.15, 0.2) is 47.3 Å². The first-order valence-corrected chi connectivity index (χ1v) is 10.9.